The van der Waals surface area contributed by atoms with E-state index in [2.05, 4.69) is 28.5 Å². The predicted molar refractivity (Wildman–Crippen MR) is 71.3 cm³/mol. The van der Waals surface area contributed by atoms with Gasteiger partial charge in [0.15, 0.2) is 5.82 Å². The third kappa shape index (κ3) is 2.61. The minimum atomic E-state index is 0.428. The van der Waals surface area contributed by atoms with Crippen molar-refractivity contribution in [2.24, 2.45) is 5.92 Å². The van der Waals surface area contributed by atoms with Crippen LogP contribution in [0.4, 0.5) is 5.82 Å². The average Bonchev–Trinajstić information content (AvgIpc) is 2.34. The molecule has 0 aromatic carbocycles. The Morgan fingerprint density at radius 1 is 1.28 bits per heavy atom. The molecule has 96 valence electrons. The van der Waals surface area contributed by atoms with Crippen LogP contribution in [-0.2, 0) is 0 Å². The van der Waals surface area contributed by atoms with Crippen LogP contribution in [0.1, 0.15) is 49.4 Å². The molecule has 1 aliphatic carbocycles. The van der Waals surface area contributed by atoms with Crippen molar-refractivity contribution in [1.29, 1.82) is 5.26 Å². The summed E-state index contributed by atoms with van der Waals surface area (Å²) in [4.78, 5) is 0. The molecule has 2 unspecified atom stereocenters. The lowest BCUT2D eigenvalue weighted by molar-refractivity contribution is 0.358. The van der Waals surface area contributed by atoms with Crippen molar-refractivity contribution in [2.45, 2.75) is 52.5 Å². The van der Waals surface area contributed by atoms with Gasteiger partial charge in [-0.1, -0.05) is 19.8 Å². The number of nitrogens with one attached hydrogen (secondary N) is 1. The quantitative estimate of drug-likeness (QED) is 0.868. The van der Waals surface area contributed by atoms with E-state index in [1.54, 1.807) is 0 Å². The van der Waals surface area contributed by atoms with E-state index in [1.807, 2.05) is 13.8 Å². The third-order valence-corrected chi connectivity index (χ3v) is 3.84. The summed E-state index contributed by atoms with van der Waals surface area (Å²) in [6, 6.07) is 2.67. The van der Waals surface area contributed by atoms with Gasteiger partial charge in [-0.2, -0.15) is 10.4 Å². The fourth-order valence-corrected chi connectivity index (χ4v) is 2.60. The van der Waals surface area contributed by atoms with E-state index in [9.17, 15) is 5.26 Å². The molecule has 18 heavy (non-hydrogen) atoms. The van der Waals surface area contributed by atoms with Gasteiger partial charge in [0.05, 0.1) is 5.69 Å². The number of aryl methyl sites for hydroxylation is 1. The molecule has 1 aliphatic rings. The lowest BCUT2D eigenvalue weighted by Gasteiger charge is -2.28. The summed E-state index contributed by atoms with van der Waals surface area (Å²) in [5.41, 5.74) is 2.40. The zero-order valence-electron chi connectivity index (χ0n) is 11.3. The van der Waals surface area contributed by atoms with Crippen molar-refractivity contribution in [3.05, 3.63) is 16.8 Å². The summed E-state index contributed by atoms with van der Waals surface area (Å²) in [6.45, 7) is 6.10. The van der Waals surface area contributed by atoms with Crippen LogP contribution in [0.3, 0.4) is 0 Å². The van der Waals surface area contributed by atoms with Crippen LogP contribution in [0, 0.1) is 31.1 Å². The van der Waals surface area contributed by atoms with Crippen molar-refractivity contribution in [3.8, 4) is 6.07 Å². The first kappa shape index (κ1) is 12.8. The second-order valence-corrected chi connectivity index (χ2v) is 5.36. The lowest BCUT2D eigenvalue weighted by Crippen LogP contribution is -2.27. The minimum absolute atomic E-state index is 0.428. The van der Waals surface area contributed by atoms with E-state index in [0.29, 0.717) is 17.4 Å². The molecule has 2 atom stereocenters. The largest absolute Gasteiger partial charge is 0.365 e. The molecule has 4 heteroatoms. The Morgan fingerprint density at radius 2 is 2.06 bits per heavy atom. The summed E-state index contributed by atoms with van der Waals surface area (Å²) < 4.78 is 0. The van der Waals surface area contributed by atoms with Crippen molar-refractivity contribution < 1.29 is 0 Å². The molecule has 1 aromatic rings. The van der Waals surface area contributed by atoms with Crippen molar-refractivity contribution in [2.75, 3.05) is 5.32 Å². The Labute approximate surface area is 108 Å². The summed E-state index contributed by atoms with van der Waals surface area (Å²) in [6.07, 6.45) is 4.87. The number of rotatable bonds is 2. The molecule has 0 spiro atoms. The van der Waals surface area contributed by atoms with Gasteiger partial charge in [0, 0.05) is 6.04 Å². The molecule has 1 saturated carbocycles. The smallest absolute Gasteiger partial charge is 0.167 e. The first-order valence-corrected chi connectivity index (χ1v) is 6.62. The van der Waals surface area contributed by atoms with Crippen molar-refractivity contribution in [3.63, 3.8) is 0 Å². The number of anilines is 1. The van der Waals surface area contributed by atoms with E-state index in [-0.39, 0.29) is 0 Å². The zero-order chi connectivity index (χ0) is 13.1. The highest BCUT2D eigenvalue weighted by molar-refractivity contribution is 5.56. The Hall–Kier alpha value is -1.63. The molecule has 0 bridgehead atoms. The maximum absolute atomic E-state index is 9.25. The standard InChI is InChI=1S/C14H20N4/c1-9-5-4-6-12(7-9)16-14-13(8-15)10(2)11(3)17-18-14/h9,12H,4-7H2,1-3H3,(H,16,18). The molecular weight excluding hydrogens is 224 g/mol. The first-order valence-electron chi connectivity index (χ1n) is 6.62. The molecule has 0 amide bonds. The van der Waals surface area contributed by atoms with E-state index >= 15 is 0 Å². The Morgan fingerprint density at radius 3 is 2.72 bits per heavy atom. The summed E-state index contributed by atoms with van der Waals surface area (Å²) in [7, 11) is 0. The predicted octanol–water partition coefficient (Wildman–Crippen LogP) is 2.96. The van der Waals surface area contributed by atoms with E-state index < -0.39 is 0 Å². The topological polar surface area (TPSA) is 61.6 Å². The highest BCUT2D eigenvalue weighted by atomic mass is 15.2. The average molecular weight is 244 g/mol. The molecule has 1 aromatic heterocycles. The van der Waals surface area contributed by atoms with Gasteiger partial charge in [-0.25, -0.2) is 0 Å². The second kappa shape index (κ2) is 5.34. The Balaban J connectivity index is 2.19. The highest BCUT2D eigenvalue weighted by Gasteiger charge is 2.21. The molecule has 0 saturated heterocycles. The van der Waals surface area contributed by atoms with Crippen molar-refractivity contribution in [1.82, 2.24) is 10.2 Å². The van der Waals surface area contributed by atoms with Crippen LogP contribution >= 0.6 is 0 Å². The van der Waals surface area contributed by atoms with Crippen LogP contribution in [0.5, 0.6) is 0 Å². The minimum Gasteiger partial charge on any atom is -0.365 e. The van der Waals surface area contributed by atoms with E-state index in [4.69, 9.17) is 0 Å². The van der Waals surface area contributed by atoms with E-state index in [0.717, 1.165) is 30.0 Å². The fourth-order valence-electron chi connectivity index (χ4n) is 2.60. The maximum Gasteiger partial charge on any atom is 0.167 e. The van der Waals surface area contributed by atoms with Crippen LogP contribution in [0.15, 0.2) is 0 Å². The molecular formula is C14H20N4. The zero-order valence-corrected chi connectivity index (χ0v) is 11.3. The molecule has 1 fully saturated rings. The van der Waals surface area contributed by atoms with Gasteiger partial charge < -0.3 is 5.32 Å². The normalized spacial score (nSPS) is 23.4. The number of nitrogens with zero attached hydrogens (tertiary/aromatic N) is 3. The number of hydrogen-bond acceptors (Lipinski definition) is 4. The van der Waals surface area contributed by atoms with Crippen molar-refractivity contribution >= 4 is 5.82 Å². The lowest BCUT2D eigenvalue weighted by atomic mass is 9.87. The number of hydrogen-bond donors (Lipinski definition) is 1. The van der Waals surface area contributed by atoms with Gasteiger partial charge in [0.25, 0.3) is 0 Å². The number of nitriles is 1. The summed E-state index contributed by atoms with van der Waals surface area (Å²) in [5.74, 6) is 1.40. The third-order valence-electron chi connectivity index (χ3n) is 3.84. The fraction of sp³-hybridized carbons (Fsp3) is 0.643. The number of aromatic nitrogens is 2. The van der Waals surface area contributed by atoms with Gasteiger partial charge in [-0.3, -0.25) is 0 Å². The Kier molecular flexibility index (Phi) is 3.81. The molecule has 2 rings (SSSR count). The monoisotopic (exact) mass is 244 g/mol. The first-order chi connectivity index (χ1) is 8.61. The van der Waals surface area contributed by atoms with Crippen LogP contribution in [0.25, 0.3) is 0 Å². The molecule has 1 N–H and O–H groups in total. The molecule has 0 radical (unpaired) electrons. The van der Waals surface area contributed by atoms with Gasteiger partial charge >= 0.3 is 0 Å². The van der Waals surface area contributed by atoms with Crippen LogP contribution in [0.2, 0.25) is 0 Å². The highest BCUT2D eigenvalue weighted by Crippen LogP contribution is 2.27. The maximum atomic E-state index is 9.25. The SMILES string of the molecule is Cc1nnc(NC2CCCC(C)C2)c(C#N)c1C. The van der Waals surface area contributed by atoms with Gasteiger partial charge in [0.2, 0.25) is 0 Å². The molecule has 4 nitrogen and oxygen atoms in total. The van der Waals surface area contributed by atoms with Crippen LogP contribution < -0.4 is 5.32 Å². The summed E-state index contributed by atoms with van der Waals surface area (Å²) in [5, 5.41) is 20.9. The summed E-state index contributed by atoms with van der Waals surface area (Å²) >= 11 is 0. The molecule has 1 heterocycles. The van der Waals surface area contributed by atoms with Crippen LogP contribution in [-0.4, -0.2) is 16.2 Å². The van der Waals surface area contributed by atoms with Gasteiger partial charge in [-0.05, 0) is 38.2 Å². The second-order valence-electron chi connectivity index (χ2n) is 5.36. The van der Waals surface area contributed by atoms with Gasteiger partial charge in [-0.15, -0.1) is 5.10 Å². The Bertz CT molecular complexity index is 475. The van der Waals surface area contributed by atoms with E-state index in [1.165, 1.54) is 12.8 Å². The van der Waals surface area contributed by atoms with Gasteiger partial charge in [0.1, 0.15) is 11.6 Å². The molecule has 0 aliphatic heterocycles.